The molecular formula is C77H96ClF3N10O10S4. The average Bonchev–Trinajstić information content (AvgIpc) is 0.849. The number of nitrogens with zero attached hydrogens (tertiary/aromatic N) is 6. The number of carbonyl (C=O) groups excluding carboxylic acids is 5. The van der Waals surface area contributed by atoms with E-state index in [0.717, 1.165) is 83.3 Å². The summed E-state index contributed by atoms with van der Waals surface area (Å²) in [7, 11) is -11.1. The molecule has 20 nitrogen and oxygen atoms in total. The molecule has 105 heavy (non-hydrogen) atoms. The number of aryl methyl sites for hydroxylation is 1. The summed E-state index contributed by atoms with van der Waals surface area (Å²) in [6.45, 7) is 19.8. The number of aliphatic hydroxyl groups is 1. The van der Waals surface area contributed by atoms with E-state index < -0.39 is 94.3 Å². The number of allylic oxidation sites excluding steroid dienone is 1. The number of rotatable bonds is 28. The number of hydrogen-bond donors (Lipinski definition) is 5. The Morgan fingerprint density at radius 1 is 0.790 bits per heavy atom. The van der Waals surface area contributed by atoms with Crippen molar-refractivity contribution >= 4 is 101 Å². The van der Waals surface area contributed by atoms with E-state index in [1.165, 1.54) is 45.5 Å². The summed E-state index contributed by atoms with van der Waals surface area (Å²) in [5.41, 5.74) is 2.51. The number of nitrogens with one attached hydrogen (secondary N) is 4. The number of hydrogen-bond acceptors (Lipinski definition) is 17. The average molecular weight is 1540 g/mol. The van der Waals surface area contributed by atoms with Crippen molar-refractivity contribution in [2.75, 3.05) is 88.0 Å². The Balaban J connectivity index is 0.690. The molecule has 0 unspecified atom stereocenters. The van der Waals surface area contributed by atoms with E-state index in [4.69, 9.17) is 11.6 Å². The number of likely N-dealkylation sites (tertiary alicyclic amines) is 1. The zero-order valence-electron chi connectivity index (χ0n) is 60.5. The minimum atomic E-state index is -6.18. The lowest BCUT2D eigenvalue weighted by atomic mass is 9.73. The van der Waals surface area contributed by atoms with Crippen LogP contribution in [-0.4, -0.2) is 184 Å². The summed E-state index contributed by atoms with van der Waals surface area (Å²) in [5.74, 6) is -2.10. The van der Waals surface area contributed by atoms with Crippen LogP contribution in [0.2, 0.25) is 5.02 Å². The van der Waals surface area contributed by atoms with Gasteiger partial charge in [-0.2, -0.15) is 13.2 Å². The van der Waals surface area contributed by atoms with Crippen molar-refractivity contribution in [3.63, 3.8) is 0 Å². The summed E-state index contributed by atoms with van der Waals surface area (Å²) < 4.78 is 100. The SMILES string of the molecule is Cc1ncsc1-c1ccc([C@H](C)NC(=O)[C@@H]2C[C@H](O)CN2C(=O)[C@@H](NC(=O)CCCCCC(=O)N2CCN(CC[C@@H](CSc3ccccc3)Nc3ccc(S(=O)(=O)NC(=O)c4ccc(N5CCN(CC6=C(c7ccc(Cl)cc7)CCC(C)(C)C6)CC5)cc4)cc3S(=O)(=O)C(F)(F)F)CC2)C(C)(C)C)cc1. The first-order valence-electron chi connectivity index (χ1n) is 35.8. The maximum atomic E-state index is 14.6. The molecule has 3 aliphatic heterocycles. The van der Waals surface area contributed by atoms with Crippen LogP contribution in [0.15, 0.2) is 147 Å². The van der Waals surface area contributed by atoms with Gasteiger partial charge in [0.2, 0.25) is 23.6 Å². The number of aromatic nitrogens is 1. The highest BCUT2D eigenvalue weighted by Crippen LogP contribution is 2.44. The largest absolute Gasteiger partial charge is 0.501 e. The van der Waals surface area contributed by atoms with Gasteiger partial charge in [-0.1, -0.05) is 113 Å². The van der Waals surface area contributed by atoms with Gasteiger partial charge in [0.05, 0.1) is 38.8 Å². The number of sulfone groups is 1. The van der Waals surface area contributed by atoms with Crippen molar-refractivity contribution in [2.45, 2.75) is 163 Å². The Morgan fingerprint density at radius 3 is 2.10 bits per heavy atom. The fraction of sp³-hybridized carbons (Fsp3) is 0.481. The molecule has 0 bridgehead atoms. The molecule has 4 aliphatic rings. The molecule has 0 saturated carbocycles. The van der Waals surface area contributed by atoms with Gasteiger partial charge in [-0.05, 0) is 152 Å². The number of thiazole rings is 1. The van der Waals surface area contributed by atoms with Gasteiger partial charge >= 0.3 is 5.51 Å². The molecule has 28 heteroatoms. The van der Waals surface area contributed by atoms with Crippen LogP contribution in [0.25, 0.3) is 16.0 Å². The highest BCUT2D eigenvalue weighted by Gasteiger charge is 2.49. The van der Waals surface area contributed by atoms with Gasteiger partial charge in [0.15, 0.2) is 0 Å². The second-order valence-corrected chi connectivity index (χ2v) is 35.7. The van der Waals surface area contributed by atoms with E-state index in [0.29, 0.717) is 82.6 Å². The lowest BCUT2D eigenvalue weighted by molar-refractivity contribution is -0.144. The highest BCUT2D eigenvalue weighted by atomic mass is 35.5. The number of alkyl halides is 3. The van der Waals surface area contributed by atoms with E-state index in [1.807, 2.05) is 106 Å². The van der Waals surface area contributed by atoms with E-state index >= 15 is 0 Å². The third kappa shape index (κ3) is 21.1. The minimum absolute atomic E-state index is 0.0422. The van der Waals surface area contributed by atoms with Crippen LogP contribution < -0.4 is 25.6 Å². The molecule has 4 heterocycles. The van der Waals surface area contributed by atoms with Gasteiger partial charge < -0.3 is 35.8 Å². The molecule has 6 aromatic rings. The molecule has 3 saturated heterocycles. The summed E-state index contributed by atoms with van der Waals surface area (Å²) in [5, 5.41) is 20.4. The summed E-state index contributed by atoms with van der Waals surface area (Å²) in [6.07, 6.45) is 4.33. The Morgan fingerprint density at radius 2 is 1.45 bits per heavy atom. The number of thioether (sulfide) groups is 1. The van der Waals surface area contributed by atoms with Crippen molar-refractivity contribution in [2.24, 2.45) is 10.8 Å². The van der Waals surface area contributed by atoms with Gasteiger partial charge in [-0.15, -0.1) is 23.1 Å². The van der Waals surface area contributed by atoms with Crippen LogP contribution in [0, 0.1) is 17.8 Å². The molecule has 10 rings (SSSR count). The Kier molecular flexibility index (Phi) is 26.5. The van der Waals surface area contributed by atoms with E-state index in [1.54, 1.807) is 33.9 Å². The fourth-order valence-corrected chi connectivity index (χ4v) is 18.0. The van der Waals surface area contributed by atoms with Crippen LogP contribution in [0.4, 0.5) is 24.5 Å². The molecular weight excluding hydrogens is 1450 g/mol. The first-order valence-corrected chi connectivity index (χ1v) is 41.0. The Labute approximate surface area is 628 Å². The second kappa shape index (κ2) is 34.7. The number of sulfonamides is 1. The predicted molar refractivity (Wildman–Crippen MR) is 407 cm³/mol. The van der Waals surface area contributed by atoms with Crippen LogP contribution in [0.3, 0.4) is 0 Å². The maximum Gasteiger partial charge on any atom is 0.501 e. The van der Waals surface area contributed by atoms with E-state index in [-0.39, 0.29) is 54.4 Å². The lowest BCUT2D eigenvalue weighted by Gasteiger charge is -2.39. The highest BCUT2D eigenvalue weighted by molar-refractivity contribution is 7.99. The number of anilines is 2. The molecule has 5 atom stereocenters. The van der Waals surface area contributed by atoms with Crippen molar-refractivity contribution in [1.29, 1.82) is 0 Å². The standard InChI is InChI=1S/C77H96ClF3N10O10S4/c1-51(53-18-20-55(21-19-53)70-52(2)82-50-103-70)83-73(96)66-44-61(92)48-91(66)74(97)71(75(3,4)5)85-68(93)16-12-9-13-17-69(94)90-42-36-87(37-43-90)35-33-59(49-102-62-14-10-8-11-15-62)84-65-31-30-63(45-67(65)104(98,99)77(79,80)81)105(100,101)86-72(95)56-24-28-60(29-25-56)89-40-38-88(39-41-89)47-57-46-76(6,7)34-32-64(57)54-22-26-58(78)27-23-54/h8,10-11,14-15,18-31,45,50-51,59,61,66,71,84,92H,9,12-13,16-17,32-44,46-49H2,1-7H3,(H,83,96)(H,85,93)(H,86,95)/t51-,59-,61-,66-,71+/m0/s1. The summed E-state index contributed by atoms with van der Waals surface area (Å²) in [4.78, 5) is 82.6. The van der Waals surface area contributed by atoms with Crippen LogP contribution in [0.1, 0.15) is 139 Å². The molecule has 0 spiro atoms. The quantitative estimate of drug-likeness (QED) is 0.0226. The molecule has 1 aromatic heterocycles. The second-order valence-electron chi connectivity index (χ2n) is 29.7. The Hall–Kier alpha value is -7.37. The number of halogens is 4. The van der Waals surface area contributed by atoms with Gasteiger partial charge in [0.25, 0.3) is 25.8 Å². The fourth-order valence-electron chi connectivity index (χ4n) is 14.0. The van der Waals surface area contributed by atoms with Gasteiger partial charge in [0, 0.05) is 124 Å². The molecule has 0 radical (unpaired) electrons. The number of aliphatic hydroxyl groups excluding tert-OH is 1. The van der Waals surface area contributed by atoms with E-state index in [9.17, 15) is 59.1 Å². The topological polar surface area (TPSA) is 251 Å². The molecule has 566 valence electrons. The first-order chi connectivity index (χ1) is 49.7. The smallest absolute Gasteiger partial charge is 0.391 e. The zero-order valence-corrected chi connectivity index (χ0v) is 64.5. The summed E-state index contributed by atoms with van der Waals surface area (Å²) >= 11 is 9.17. The normalized spacial score (nSPS) is 18.7. The molecule has 5 amide bonds. The number of β-amino-alcohol motifs (C(OH)–C–C–N with tert-alkyl or cyclic N) is 1. The third-order valence-electron chi connectivity index (χ3n) is 20.2. The van der Waals surface area contributed by atoms with Gasteiger partial charge in [0.1, 0.15) is 17.0 Å². The van der Waals surface area contributed by atoms with Crippen molar-refractivity contribution in [3.8, 4) is 10.4 Å². The monoisotopic (exact) mass is 1540 g/mol. The lowest BCUT2D eigenvalue weighted by Crippen LogP contribution is -2.57. The molecule has 3 fully saturated rings. The van der Waals surface area contributed by atoms with Crippen molar-refractivity contribution in [3.05, 3.63) is 160 Å². The third-order valence-corrected chi connectivity index (χ3v) is 25.4. The number of benzene rings is 5. The molecule has 5 N–H and O–H groups in total. The minimum Gasteiger partial charge on any atom is -0.391 e. The number of amides is 5. The van der Waals surface area contributed by atoms with Crippen LogP contribution in [-0.2, 0) is 39.0 Å². The van der Waals surface area contributed by atoms with Gasteiger partial charge in [-0.25, -0.2) is 26.5 Å². The maximum absolute atomic E-state index is 14.6. The van der Waals surface area contributed by atoms with Gasteiger partial charge in [-0.3, -0.25) is 33.8 Å². The number of unbranched alkanes of at least 4 members (excludes halogenated alkanes) is 2. The zero-order chi connectivity index (χ0) is 75.6. The predicted octanol–water partition coefficient (Wildman–Crippen LogP) is 12.4. The first kappa shape index (κ1) is 80.2. The van der Waals surface area contributed by atoms with Crippen molar-refractivity contribution in [1.82, 2.24) is 39.9 Å². The molecule has 5 aromatic carbocycles. The Bertz CT molecular complexity index is 4300. The number of piperazine rings is 2. The number of carbonyl (C=O) groups is 5. The van der Waals surface area contributed by atoms with E-state index in [2.05, 4.69) is 61.6 Å². The van der Waals surface area contributed by atoms with Crippen LogP contribution >= 0.6 is 34.7 Å². The van der Waals surface area contributed by atoms with Crippen molar-refractivity contribution < 1.29 is 59.1 Å². The molecule has 1 aliphatic carbocycles. The van der Waals surface area contributed by atoms with Crippen LogP contribution in [0.5, 0.6) is 0 Å². The summed E-state index contributed by atoms with van der Waals surface area (Å²) in [6, 6.07) is 30.8.